The van der Waals surface area contributed by atoms with Crippen LogP contribution in [0.2, 0.25) is 0 Å². The van der Waals surface area contributed by atoms with Crippen LogP contribution in [0.5, 0.6) is 0 Å². The standard InChI is InChI=1S/C18H23NS/c1-3-19-16(11-14-9-7-13(2)8-10-14)18-12-15-5-4-6-17(15)20-18/h7-10,12,16,19H,3-6,11H2,1-2H3. The molecule has 1 heterocycles. The van der Waals surface area contributed by atoms with Gasteiger partial charge in [0.2, 0.25) is 0 Å². The van der Waals surface area contributed by atoms with Crippen molar-refractivity contribution in [1.29, 1.82) is 0 Å². The molecule has 1 aromatic heterocycles. The van der Waals surface area contributed by atoms with E-state index in [1.54, 1.807) is 10.4 Å². The van der Waals surface area contributed by atoms with Gasteiger partial charge in [-0.25, -0.2) is 0 Å². The Labute approximate surface area is 126 Å². The van der Waals surface area contributed by atoms with Crippen LogP contribution >= 0.6 is 11.3 Å². The Morgan fingerprint density at radius 1 is 1.20 bits per heavy atom. The van der Waals surface area contributed by atoms with Crippen LogP contribution < -0.4 is 5.32 Å². The summed E-state index contributed by atoms with van der Waals surface area (Å²) in [4.78, 5) is 3.16. The number of fused-ring (bicyclic) bond motifs is 1. The number of hydrogen-bond donors (Lipinski definition) is 1. The van der Waals surface area contributed by atoms with Gasteiger partial charge in [0.05, 0.1) is 0 Å². The lowest BCUT2D eigenvalue weighted by Crippen LogP contribution is -2.22. The number of aryl methyl sites for hydroxylation is 3. The highest BCUT2D eigenvalue weighted by molar-refractivity contribution is 7.12. The number of hydrogen-bond acceptors (Lipinski definition) is 2. The van der Waals surface area contributed by atoms with Crippen LogP contribution in [-0.4, -0.2) is 6.54 Å². The number of benzene rings is 1. The van der Waals surface area contributed by atoms with Crippen molar-refractivity contribution >= 4 is 11.3 Å². The van der Waals surface area contributed by atoms with Crippen molar-refractivity contribution in [2.45, 2.75) is 45.6 Å². The van der Waals surface area contributed by atoms with Gasteiger partial charge in [0.25, 0.3) is 0 Å². The van der Waals surface area contributed by atoms with Crippen LogP contribution in [0.25, 0.3) is 0 Å². The third kappa shape index (κ3) is 2.97. The monoisotopic (exact) mass is 285 g/mol. The Morgan fingerprint density at radius 2 is 2.00 bits per heavy atom. The third-order valence-electron chi connectivity index (χ3n) is 4.12. The van der Waals surface area contributed by atoms with E-state index < -0.39 is 0 Å². The first kappa shape index (κ1) is 13.8. The van der Waals surface area contributed by atoms with Crippen molar-refractivity contribution in [3.05, 3.63) is 56.8 Å². The van der Waals surface area contributed by atoms with E-state index >= 15 is 0 Å². The maximum atomic E-state index is 3.66. The largest absolute Gasteiger partial charge is 0.309 e. The van der Waals surface area contributed by atoms with Gasteiger partial charge in [0.1, 0.15) is 0 Å². The molecule has 1 atom stereocenters. The molecular weight excluding hydrogens is 262 g/mol. The quantitative estimate of drug-likeness (QED) is 0.856. The summed E-state index contributed by atoms with van der Waals surface area (Å²) < 4.78 is 0. The van der Waals surface area contributed by atoms with Gasteiger partial charge in [-0.3, -0.25) is 0 Å². The summed E-state index contributed by atoms with van der Waals surface area (Å²) in [5.74, 6) is 0. The predicted molar refractivity (Wildman–Crippen MR) is 87.6 cm³/mol. The fourth-order valence-corrected chi connectivity index (χ4v) is 4.34. The van der Waals surface area contributed by atoms with Gasteiger partial charge in [-0.05, 0) is 56.3 Å². The number of nitrogens with one attached hydrogen (secondary N) is 1. The molecule has 1 N–H and O–H groups in total. The summed E-state index contributed by atoms with van der Waals surface area (Å²) in [6, 6.07) is 11.9. The molecule has 0 spiro atoms. The second-order valence-electron chi connectivity index (χ2n) is 5.75. The molecule has 0 saturated carbocycles. The molecule has 0 fully saturated rings. The highest BCUT2D eigenvalue weighted by Crippen LogP contribution is 2.34. The van der Waals surface area contributed by atoms with Crippen molar-refractivity contribution in [2.75, 3.05) is 6.54 Å². The molecule has 1 unspecified atom stereocenters. The highest BCUT2D eigenvalue weighted by atomic mass is 32.1. The zero-order valence-electron chi connectivity index (χ0n) is 12.4. The molecule has 1 aliphatic carbocycles. The van der Waals surface area contributed by atoms with Gasteiger partial charge in [-0.1, -0.05) is 36.8 Å². The Hall–Kier alpha value is -1.12. The van der Waals surface area contributed by atoms with E-state index in [-0.39, 0.29) is 0 Å². The molecular formula is C18H23NS. The first-order chi connectivity index (χ1) is 9.76. The van der Waals surface area contributed by atoms with Crippen LogP contribution in [0, 0.1) is 6.92 Å². The summed E-state index contributed by atoms with van der Waals surface area (Å²) in [6.07, 6.45) is 5.03. The molecule has 0 aliphatic heterocycles. The van der Waals surface area contributed by atoms with E-state index in [0.29, 0.717) is 6.04 Å². The van der Waals surface area contributed by atoms with Gasteiger partial charge in [-0.15, -0.1) is 11.3 Å². The lowest BCUT2D eigenvalue weighted by Gasteiger charge is -2.17. The Balaban J connectivity index is 1.79. The fraction of sp³-hybridized carbons (Fsp3) is 0.444. The maximum absolute atomic E-state index is 3.66. The predicted octanol–water partition coefficient (Wildman–Crippen LogP) is 4.44. The fourth-order valence-electron chi connectivity index (χ4n) is 3.00. The lowest BCUT2D eigenvalue weighted by atomic mass is 10.0. The Kier molecular flexibility index (Phi) is 4.23. The summed E-state index contributed by atoms with van der Waals surface area (Å²) in [5.41, 5.74) is 4.37. The van der Waals surface area contributed by atoms with Crippen LogP contribution in [0.1, 0.15) is 45.8 Å². The Bertz CT molecular complexity index is 546. The molecule has 3 rings (SSSR count). The van der Waals surface area contributed by atoms with E-state index in [1.165, 1.54) is 35.3 Å². The minimum Gasteiger partial charge on any atom is -0.309 e. The van der Waals surface area contributed by atoms with E-state index in [9.17, 15) is 0 Å². The lowest BCUT2D eigenvalue weighted by molar-refractivity contribution is 0.558. The molecule has 1 nitrogen and oxygen atoms in total. The summed E-state index contributed by atoms with van der Waals surface area (Å²) in [7, 11) is 0. The molecule has 106 valence electrons. The first-order valence-corrected chi connectivity index (χ1v) is 8.48. The first-order valence-electron chi connectivity index (χ1n) is 7.66. The van der Waals surface area contributed by atoms with Gasteiger partial charge in [0, 0.05) is 15.8 Å². The van der Waals surface area contributed by atoms with Crippen molar-refractivity contribution in [3.8, 4) is 0 Å². The van der Waals surface area contributed by atoms with E-state index in [0.717, 1.165) is 13.0 Å². The smallest absolute Gasteiger partial charge is 0.0455 e. The number of likely N-dealkylation sites (N-methyl/N-ethyl adjacent to an activating group) is 1. The molecule has 0 saturated heterocycles. The number of thiophene rings is 1. The summed E-state index contributed by atoms with van der Waals surface area (Å²) in [6.45, 7) is 5.37. The van der Waals surface area contributed by atoms with Crippen LogP contribution in [0.3, 0.4) is 0 Å². The van der Waals surface area contributed by atoms with Crippen LogP contribution in [0.15, 0.2) is 30.3 Å². The second kappa shape index (κ2) is 6.11. The normalized spacial score (nSPS) is 15.3. The topological polar surface area (TPSA) is 12.0 Å². The van der Waals surface area contributed by atoms with Gasteiger partial charge < -0.3 is 5.32 Å². The van der Waals surface area contributed by atoms with E-state index in [4.69, 9.17) is 0 Å². The van der Waals surface area contributed by atoms with E-state index in [2.05, 4.69) is 49.5 Å². The molecule has 2 aromatic rings. The minimum atomic E-state index is 0.471. The molecule has 1 aliphatic rings. The molecule has 0 amide bonds. The van der Waals surface area contributed by atoms with Crippen molar-refractivity contribution in [1.82, 2.24) is 5.32 Å². The van der Waals surface area contributed by atoms with Crippen LogP contribution in [-0.2, 0) is 19.3 Å². The summed E-state index contributed by atoms with van der Waals surface area (Å²) >= 11 is 2.03. The Morgan fingerprint density at radius 3 is 2.70 bits per heavy atom. The SMILES string of the molecule is CCNC(Cc1ccc(C)cc1)c1cc2c(s1)CCC2. The van der Waals surface area contributed by atoms with Gasteiger partial charge >= 0.3 is 0 Å². The van der Waals surface area contributed by atoms with Gasteiger partial charge in [0.15, 0.2) is 0 Å². The molecule has 20 heavy (non-hydrogen) atoms. The van der Waals surface area contributed by atoms with Crippen molar-refractivity contribution < 1.29 is 0 Å². The molecule has 0 bridgehead atoms. The van der Waals surface area contributed by atoms with E-state index in [1.807, 2.05) is 11.3 Å². The van der Waals surface area contributed by atoms with Crippen molar-refractivity contribution in [3.63, 3.8) is 0 Å². The van der Waals surface area contributed by atoms with Gasteiger partial charge in [-0.2, -0.15) is 0 Å². The number of rotatable bonds is 5. The maximum Gasteiger partial charge on any atom is 0.0455 e. The van der Waals surface area contributed by atoms with Crippen LogP contribution in [0.4, 0.5) is 0 Å². The molecule has 1 aromatic carbocycles. The van der Waals surface area contributed by atoms with Crippen molar-refractivity contribution in [2.24, 2.45) is 0 Å². The molecule has 0 radical (unpaired) electrons. The zero-order chi connectivity index (χ0) is 13.9. The summed E-state index contributed by atoms with van der Waals surface area (Å²) in [5, 5.41) is 3.66. The molecule has 2 heteroatoms. The second-order valence-corrected chi connectivity index (χ2v) is 6.92. The average molecular weight is 285 g/mol. The third-order valence-corrected chi connectivity index (χ3v) is 5.47. The zero-order valence-corrected chi connectivity index (χ0v) is 13.2. The minimum absolute atomic E-state index is 0.471. The average Bonchev–Trinajstić information content (AvgIpc) is 3.01. The highest BCUT2D eigenvalue weighted by Gasteiger charge is 2.19.